The van der Waals surface area contributed by atoms with E-state index in [2.05, 4.69) is 47.3 Å². The Kier molecular flexibility index (Phi) is 5.47. The highest BCUT2D eigenvalue weighted by Crippen LogP contribution is 2.27. The van der Waals surface area contributed by atoms with Crippen molar-refractivity contribution >= 4 is 22.7 Å². The van der Waals surface area contributed by atoms with Gasteiger partial charge >= 0.3 is 0 Å². The van der Waals surface area contributed by atoms with E-state index in [1.54, 1.807) is 0 Å². The second-order valence-electron chi connectivity index (χ2n) is 5.63. The first-order chi connectivity index (χ1) is 10.4. The molecule has 1 N–H and O–H groups in total. The van der Waals surface area contributed by atoms with Crippen molar-refractivity contribution in [2.24, 2.45) is 5.92 Å². The summed E-state index contributed by atoms with van der Waals surface area (Å²) in [4.78, 5) is 2.89. The van der Waals surface area contributed by atoms with E-state index < -0.39 is 0 Å². The maximum Gasteiger partial charge on any atom is 0.0613 e. The van der Waals surface area contributed by atoms with Gasteiger partial charge in [-0.05, 0) is 41.7 Å². The molecule has 3 unspecified atom stereocenters. The van der Waals surface area contributed by atoms with Crippen LogP contribution in [0.4, 0.5) is 0 Å². The van der Waals surface area contributed by atoms with Crippen LogP contribution in [0.2, 0.25) is 0 Å². The zero-order chi connectivity index (χ0) is 14.5. The van der Waals surface area contributed by atoms with Gasteiger partial charge in [0.2, 0.25) is 0 Å². The van der Waals surface area contributed by atoms with Gasteiger partial charge in [-0.1, -0.05) is 19.1 Å². The van der Waals surface area contributed by atoms with Gasteiger partial charge in [-0.15, -0.1) is 22.7 Å². The summed E-state index contributed by atoms with van der Waals surface area (Å²) in [5, 5.41) is 8.14. The summed E-state index contributed by atoms with van der Waals surface area (Å²) in [6, 6.07) is 9.21. The molecule has 0 radical (unpaired) electrons. The van der Waals surface area contributed by atoms with Crippen molar-refractivity contribution in [2.45, 2.75) is 38.3 Å². The summed E-state index contributed by atoms with van der Waals surface area (Å²) in [5.41, 5.74) is 0. The standard InChI is InChI=1S/C17H23NOS2/c1-2-16-13(7-8-19-16)12-18-15(17-6-4-10-21-17)11-14-5-3-9-20-14/h3-6,9-10,13,15-16,18H,2,7-8,11-12H2,1H3. The summed E-state index contributed by atoms with van der Waals surface area (Å²) < 4.78 is 5.81. The molecule has 1 aliphatic heterocycles. The molecule has 114 valence electrons. The van der Waals surface area contributed by atoms with Crippen LogP contribution in [0.15, 0.2) is 35.0 Å². The van der Waals surface area contributed by atoms with Gasteiger partial charge in [0.15, 0.2) is 0 Å². The molecule has 21 heavy (non-hydrogen) atoms. The predicted molar refractivity (Wildman–Crippen MR) is 91.2 cm³/mol. The molecule has 1 aliphatic rings. The molecule has 0 bridgehead atoms. The molecule has 3 heterocycles. The Morgan fingerprint density at radius 1 is 1.29 bits per heavy atom. The van der Waals surface area contributed by atoms with Crippen LogP contribution in [-0.2, 0) is 11.2 Å². The molecule has 1 fully saturated rings. The molecule has 0 aliphatic carbocycles. The molecule has 2 aromatic heterocycles. The Morgan fingerprint density at radius 3 is 2.86 bits per heavy atom. The second kappa shape index (κ2) is 7.54. The zero-order valence-corrected chi connectivity index (χ0v) is 14.1. The van der Waals surface area contributed by atoms with Crippen LogP contribution in [0, 0.1) is 5.92 Å². The normalized spacial score (nSPS) is 23.5. The van der Waals surface area contributed by atoms with Crippen LogP contribution < -0.4 is 5.32 Å². The predicted octanol–water partition coefficient (Wildman–Crippen LogP) is 4.50. The van der Waals surface area contributed by atoms with Crippen molar-refractivity contribution in [1.82, 2.24) is 5.32 Å². The Hall–Kier alpha value is -0.680. The highest BCUT2D eigenvalue weighted by Gasteiger charge is 2.27. The first kappa shape index (κ1) is 15.2. The number of thiophene rings is 2. The van der Waals surface area contributed by atoms with E-state index in [-0.39, 0.29) is 0 Å². The van der Waals surface area contributed by atoms with Crippen molar-refractivity contribution in [3.8, 4) is 0 Å². The molecular formula is C17H23NOS2. The average Bonchev–Trinajstić information content (AvgIpc) is 3.23. The molecule has 1 saturated heterocycles. The second-order valence-corrected chi connectivity index (χ2v) is 7.64. The van der Waals surface area contributed by atoms with Crippen LogP contribution in [0.1, 0.15) is 35.6 Å². The maximum atomic E-state index is 5.81. The highest BCUT2D eigenvalue weighted by molar-refractivity contribution is 7.10. The largest absolute Gasteiger partial charge is 0.378 e. The Morgan fingerprint density at radius 2 is 2.14 bits per heavy atom. The molecular weight excluding hydrogens is 298 g/mol. The summed E-state index contributed by atoms with van der Waals surface area (Å²) in [6.45, 7) is 4.22. The first-order valence-corrected chi connectivity index (χ1v) is 9.53. The number of rotatable bonds is 7. The van der Waals surface area contributed by atoms with Gasteiger partial charge in [-0.3, -0.25) is 0 Å². The number of nitrogens with one attached hydrogen (secondary N) is 1. The quantitative estimate of drug-likeness (QED) is 0.811. The monoisotopic (exact) mass is 321 g/mol. The van der Waals surface area contributed by atoms with Crippen LogP contribution in [0.25, 0.3) is 0 Å². The number of ether oxygens (including phenoxy) is 1. The first-order valence-electron chi connectivity index (χ1n) is 7.77. The van der Waals surface area contributed by atoms with Crippen molar-refractivity contribution in [1.29, 1.82) is 0 Å². The molecule has 3 atom stereocenters. The van der Waals surface area contributed by atoms with Gasteiger partial charge in [-0.2, -0.15) is 0 Å². The van der Waals surface area contributed by atoms with Gasteiger partial charge in [-0.25, -0.2) is 0 Å². The molecule has 2 aromatic rings. The van der Waals surface area contributed by atoms with E-state index in [1.165, 1.54) is 16.2 Å². The summed E-state index contributed by atoms with van der Waals surface area (Å²) in [7, 11) is 0. The minimum atomic E-state index is 0.432. The fraction of sp³-hybridized carbons (Fsp3) is 0.529. The highest BCUT2D eigenvalue weighted by atomic mass is 32.1. The van der Waals surface area contributed by atoms with E-state index in [4.69, 9.17) is 4.74 Å². The summed E-state index contributed by atoms with van der Waals surface area (Å²) in [6.07, 6.45) is 3.86. The lowest BCUT2D eigenvalue weighted by Crippen LogP contribution is -2.31. The summed E-state index contributed by atoms with van der Waals surface area (Å²) >= 11 is 3.70. The van der Waals surface area contributed by atoms with Gasteiger partial charge < -0.3 is 10.1 Å². The van der Waals surface area contributed by atoms with Crippen LogP contribution >= 0.6 is 22.7 Å². The lowest BCUT2D eigenvalue weighted by Gasteiger charge is -2.22. The van der Waals surface area contributed by atoms with Crippen molar-refractivity contribution in [3.05, 3.63) is 44.8 Å². The van der Waals surface area contributed by atoms with Gasteiger partial charge in [0.05, 0.1) is 6.10 Å². The topological polar surface area (TPSA) is 21.3 Å². The third-order valence-corrected chi connectivity index (χ3v) is 6.13. The zero-order valence-electron chi connectivity index (χ0n) is 12.5. The van der Waals surface area contributed by atoms with E-state index in [0.717, 1.165) is 26.0 Å². The van der Waals surface area contributed by atoms with Crippen molar-refractivity contribution in [3.63, 3.8) is 0 Å². The lowest BCUT2D eigenvalue weighted by atomic mass is 9.99. The fourth-order valence-electron chi connectivity index (χ4n) is 3.06. The smallest absolute Gasteiger partial charge is 0.0613 e. The molecule has 0 spiro atoms. The molecule has 3 rings (SSSR count). The Balaban J connectivity index is 1.62. The Bertz CT molecular complexity index is 509. The third-order valence-electron chi connectivity index (χ3n) is 4.25. The third kappa shape index (κ3) is 3.95. The van der Waals surface area contributed by atoms with E-state index >= 15 is 0 Å². The minimum absolute atomic E-state index is 0.432. The van der Waals surface area contributed by atoms with Gasteiger partial charge in [0.1, 0.15) is 0 Å². The molecule has 0 amide bonds. The van der Waals surface area contributed by atoms with Crippen LogP contribution in [0.3, 0.4) is 0 Å². The molecule has 0 saturated carbocycles. The van der Waals surface area contributed by atoms with E-state index in [1.807, 2.05) is 22.7 Å². The number of hydrogen-bond donors (Lipinski definition) is 1. The van der Waals surface area contributed by atoms with E-state index in [9.17, 15) is 0 Å². The van der Waals surface area contributed by atoms with E-state index in [0.29, 0.717) is 18.1 Å². The molecule has 4 heteroatoms. The minimum Gasteiger partial charge on any atom is -0.378 e. The van der Waals surface area contributed by atoms with Crippen molar-refractivity contribution in [2.75, 3.05) is 13.2 Å². The van der Waals surface area contributed by atoms with Gasteiger partial charge in [0.25, 0.3) is 0 Å². The fourth-order valence-corrected chi connectivity index (χ4v) is 4.62. The maximum absolute atomic E-state index is 5.81. The lowest BCUT2D eigenvalue weighted by molar-refractivity contribution is 0.0866. The Labute approximate surface area is 135 Å². The van der Waals surface area contributed by atoms with Crippen LogP contribution in [0.5, 0.6) is 0 Å². The summed E-state index contributed by atoms with van der Waals surface area (Å²) in [5.74, 6) is 0.667. The average molecular weight is 322 g/mol. The SMILES string of the molecule is CCC1OCCC1CNC(Cc1cccs1)c1cccs1. The van der Waals surface area contributed by atoms with Crippen molar-refractivity contribution < 1.29 is 4.74 Å². The number of hydrogen-bond acceptors (Lipinski definition) is 4. The van der Waals surface area contributed by atoms with Gasteiger partial charge in [0, 0.05) is 35.4 Å². The molecule has 2 nitrogen and oxygen atoms in total. The molecule has 0 aromatic carbocycles. The van der Waals surface area contributed by atoms with Crippen LogP contribution in [-0.4, -0.2) is 19.3 Å².